The van der Waals surface area contributed by atoms with Crippen LogP contribution in [0.2, 0.25) is 5.02 Å². The van der Waals surface area contributed by atoms with E-state index in [9.17, 15) is 14.4 Å². The monoisotopic (exact) mass is 596 g/mol. The number of benzene rings is 2. The van der Waals surface area contributed by atoms with E-state index in [1.54, 1.807) is 24.3 Å². The second kappa shape index (κ2) is 11.3. The molecule has 0 bridgehead atoms. The molecule has 6 nitrogen and oxygen atoms in total. The predicted molar refractivity (Wildman–Crippen MR) is 137 cm³/mol. The molecule has 9 heteroatoms. The first-order chi connectivity index (χ1) is 15.7. The third-order valence-electron chi connectivity index (χ3n) is 5.09. The Bertz CT molecular complexity index is 1110. The van der Waals surface area contributed by atoms with Gasteiger partial charge in [0, 0.05) is 5.02 Å². The standard InChI is InChI=1S/C24H23Br2ClN2O4/c1-3-4-5-6-9-33-21-18(25)11-15(12-19(21)26)10-17-22(30)28-24(32)29(23(17)31)16-8-7-14(2)20(27)13-16/h7-8,10-13H,3-6,9H2,1-2H3,(H,28,30,32)/b17-10+. The number of ether oxygens (including phenoxy) is 1. The van der Waals surface area contributed by atoms with Gasteiger partial charge < -0.3 is 4.74 Å². The molecule has 4 amide bonds. The van der Waals surface area contributed by atoms with E-state index in [-0.39, 0.29) is 11.3 Å². The smallest absolute Gasteiger partial charge is 0.335 e. The van der Waals surface area contributed by atoms with Crippen LogP contribution in [0.3, 0.4) is 0 Å². The van der Waals surface area contributed by atoms with Crippen molar-refractivity contribution in [3.05, 3.63) is 61.0 Å². The molecule has 1 aliphatic rings. The number of rotatable bonds is 8. The molecule has 0 aliphatic carbocycles. The number of nitrogens with zero attached hydrogens (tertiary/aromatic N) is 1. The Labute approximate surface area is 214 Å². The second-order valence-electron chi connectivity index (χ2n) is 7.61. The zero-order chi connectivity index (χ0) is 24.1. The van der Waals surface area contributed by atoms with Crippen LogP contribution in [0, 0.1) is 6.92 Å². The first kappa shape index (κ1) is 25.5. The van der Waals surface area contributed by atoms with Crippen LogP contribution in [-0.2, 0) is 9.59 Å². The lowest BCUT2D eigenvalue weighted by atomic mass is 10.1. The van der Waals surface area contributed by atoms with Crippen LogP contribution >= 0.6 is 43.5 Å². The Hall–Kier alpha value is -2.16. The first-order valence-corrected chi connectivity index (χ1v) is 12.5. The van der Waals surface area contributed by atoms with Crippen LogP contribution in [0.25, 0.3) is 6.08 Å². The van der Waals surface area contributed by atoms with Crippen LogP contribution in [0.15, 0.2) is 44.9 Å². The SMILES string of the molecule is CCCCCCOc1c(Br)cc(/C=C2\C(=O)NC(=O)N(c3ccc(C)c(Cl)c3)C2=O)cc1Br. The van der Waals surface area contributed by atoms with Crippen LogP contribution in [0.1, 0.15) is 43.7 Å². The zero-order valence-electron chi connectivity index (χ0n) is 18.2. The highest BCUT2D eigenvalue weighted by molar-refractivity contribution is 9.11. The van der Waals surface area contributed by atoms with Gasteiger partial charge in [-0.05, 0) is 86.7 Å². The number of carbonyl (C=O) groups is 3. The molecule has 0 radical (unpaired) electrons. The van der Waals surface area contributed by atoms with E-state index in [2.05, 4.69) is 44.1 Å². The summed E-state index contributed by atoms with van der Waals surface area (Å²) >= 11 is 13.2. The van der Waals surface area contributed by atoms with Crippen LogP contribution in [-0.4, -0.2) is 24.5 Å². The minimum Gasteiger partial charge on any atom is -0.491 e. The third-order valence-corrected chi connectivity index (χ3v) is 6.68. The highest BCUT2D eigenvalue weighted by atomic mass is 79.9. The van der Waals surface area contributed by atoms with Crippen LogP contribution < -0.4 is 15.0 Å². The molecule has 2 aromatic rings. The predicted octanol–water partition coefficient (Wildman–Crippen LogP) is 6.80. The molecular weight excluding hydrogens is 576 g/mol. The largest absolute Gasteiger partial charge is 0.491 e. The van der Waals surface area contributed by atoms with Crippen molar-refractivity contribution >= 4 is 73.1 Å². The van der Waals surface area contributed by atoms with E-state index in [4.69, 9.17) is 16.3 Å². The summed E-state index contributed by atoms with van der Waals surface area (Å²) in [6, 6.07) is 7.50. The quantitative estimate of drug-likeness (QED) is 0.206. The van der Waals surface area contributed by atoms with Crippen molar-refractivity contribution in [1.29, 1.82) is 0 Å². The Balaban J connectivity index is 1.86. The summed E-state index contributed by atoms with van der Waals surface area (Å²) in [7, 11) is 0. The van der Waals surface area contributed by atoms with Crippen LogP contribution in [0.5, 0.6) is 5.75 Å². The maximum absolute atomic E-state index is 13.1. The number of amides is 4. The fourth-order valence-corrected chi connectivity index (χ4v) is 4.91. The number of hydrogen-bond donors (Lipinski definition) is 1. The fourth-order valence-electron chi connectivity index (χ4n) is 3.28. The summed E-state index contributed by atoms with van der Waals surface area (Å²) in [5.41, 5.74) is 1.50. The highest BCUT2D eigenvalue weighted by Crippen LogP contribution is 2.36. The normalized spacial score (nSPS) is 15.2. The Morgan fingerprint density at radius 3 is 2.39 bits per heavy atom. The Morgan fingerprint density at radius 1 is 1.06 bits per heavy atom. The average molecular weight is 599 g/mol. The van der Waals surface area contributed by atoms with E-state index in [1.807, 2.05) is 6.92 Å². The number of unbranched alkanes of at least 4 members (excludes halogenated alkanes) is 3. The second-order valence-corrected chi connectivity index (χ2v) is 9.73. The number of urea groups is 1. The van der Waals surface area contributed by atoms with Crippen molar-refractivity contribution < 1.29 is 19.1 Å². The molecule has 1 fully saturated rings. The summed E-state index contributed by atoms with van der Waals surface area (Å²) in [5, 5.41) is 2.63. The molecule has 0 unspecified atom stereocenters. The Kier molecular flexibility index (Phi) is 8.73. The maximum atomic E-state index is 13.1. The summed E-state index contributed by atoms with van der Waals surface area (Å²) in [6.45, 7) is 4.56. The van der Waals surface area contributed by atoms with Crippen molar-refractivity contribution in [2.45, 2.75) is 39.5 Å². The maximum Gasteiger partial charge on any atom is 0.335 e. The number of nitrogens with one attached hydrogen (secondary N) is 1. The highest BCUT2D eigenvalue weighted by Gasteiger charge is 2.37. The Morgan fingerprint density at radius 2 is 1.76 bits per heavy atom. The van der Waals surface area contributed by atoms with Gasteiger partial charge in [0.2, 0.25) is 0 Å². The molecule has 1 aliphatic heterocycles. The van der Waals surface area contributed by atoms with Crippen molar-refractivity contribution in [1.82, 2.24) is 5.32 Å². The van der Waals surface area contributed by atoms with Gasteiger partial charge in [0.05, 0.1) is 21.2 Å². The molecule has 1 N–H and O–H groups in total. The van der Waals surface area contributed by atoms with Gasteiger partial charge in [-0.25, -0.2) is 9.69 Å². The summed E-state index contributed by atoms with van der Waals surface area (Å²) in [6.07, 6.45) is 5.83. The lowest BCUT2D eigenvalue weighted by Gasteiger charge is -2.26. The van der Waals surface area contributed by atoms with E-state index in [0.717, 1.165) is 29.7 Å². The van der Waals surface area contributed by atoms with Crippen molar-refractivity contribution in [2.24, 2.45) is 0 Å². The van der Waals surface area contributed by atoms with Gasteiger partial charge in [0.15, 0.2) is 0 Å². The fraction of sp³-hybridized carbons (Fsp3) is 0.292. The lowest BCUT2D eigenvalue weighted by molar-refractivity contribution is -0.122. The van der Waals surface area contributed by atoms with Gasteiger partial charge >= 0.3 is 6.03 Å². The number of aryl methyl sites for hydroxylation is 1. The molecule has 0 aromatic heterocycles. The third kappa shape index (κ3) is 6.05. The summed E-state index contributed by atoms with van der Waals surface area (Å²) in [5.74, 6) is -0.839. The molecule has 33 heavy (non-hydrogen) atoms. The lowest BCUT2D eigenvalue weighted by Crippen LogP contribution is -2.54. The van der Waals surface area contributed by atoms with Gasteiger partial charge in [0.25, 0.3) is 11.8 Å². The van der Waals surface area contributed by atoms with Crippen LogP contribution in [0.4, 0.5) is 10.5 Å². The average Bonchev–Trinajstić information content (AvgIpc) is 2.75. The molecule has 1 saturated heterocycles. The van der Waals surface area contributed by atoms with Gasteiger partial charge in [-0.1, -0.05) is 43.9 Å². The molecule has 0 atom stereocenters. The number of imide groups is 2. The number of anilines is 1. The summed E-state index contributed by atoms with van der Waals surface area (Å²) < 4.78 is 7.25. The molecule has 2 aromatic carbocycles. The molecule has 1 heterocycles. The first-order valence-electron chi connectivity index (χ1n) is 10.5. The van der Waals surface area contributed by atoms with E-state index >= 15 is 0 Å². The minimum absolute atomic E-state index is 0.168. The van der Waals surface area contributed by atoms with E-state index in [1.165, 1.54) is 18.6 Å². The number of halogens is 3. The van der Waals surface area contributed by atoms with Gasteiger partial charge in [0.1, 0.15) is 11.3 Å². The van der Waals surface area contributed by atoms with Gasteiger partial charge in [-0.3, -0.25) is 14.9 Å². The van der Waals surface area contributed by atoms with Crippen molar-refractivity contribution in [3.8, 4) is 5.75 Å². The van der Waals surface area contributed by atoms with E-state index < -0.39 is 17.8 Å². The van der Waals surface area contributed by atoms with E-state index in [0.29, 0.717) is 31.9 Å². The topological polar surface area (TPSA) is 75.7 Å². The van der Waals surface area contributed by atoms with Gasteiger partial charge in [-0.2, -0.15) is 0 Å². The number of hydrogen-bond acceptors (Lipinski definition) is 4. The zero-order valence-corrected chi connectivity index (χ0v) is 22.1. The number of carbonyl (C=O) groups excluding carboxylic acids is 3. The number of barbiturate groups is 1. The molecule has 0 saturated carbocycles. The van der Waals surface area contributed by atoms with Crippen molar-refractivity contribution in [3.63, 3.8) is 0 Å². The van der Waals surface area contributed by atoms with Gasteiger partial charge in [-0.15, -0.1) is 0 Å². The van der Waals surface area contributed by atoms with Crippen molar-refractivity contribution in [2.75, 3.05) is 11.5 Å². The molecule has 0 spiro atoms. The molecular formula is C24H23Br2ClN2O4. The summed E-state index contributed by atoms with van der Waals surface area (Å²) in [4.78, 5) is 38.9. The minimum atomic E-state index is -0.823. The molecule has 3 rings (SSSR count). The molecule has 174 valence electrons.